The van der Waals surface area contributed by atoms with Crippen molar-refractivity contribution >= 4 is 16.5 Å². The van der Waals surface area contributed by atoms with Crippen molar-refractivity contribution in [3.8, 4) is 0 Å². The Morgan fingerprint density at radius 2 is 2.13 bits per heavy atom. The summed E-state index contributed by atoms with van der Waals surface area (Å²) in [5.74, 6) is 0.307. The molecule has 0 saturated heterocycles. The maximum Gasteiger partial charge on any atom is 0.285 e. The highest BCUT2D eigenvalue weighted by Crippen LogP contribution is 2.21. The molecule has 0 spiro atoms. The second kappa shape index (κ2) is 5.41. The van der Waals surface area contributed by atoms with Gasteiger partial charge in [-0.15, -0.1) is 0 Å². The van der Waals surface area contributed by atoms with Crippen molar-refractivity contribution in [3.05, 3.63) is 46.5 Å². The molecule has 1 aromatic carbocycles. The standard InChI is InChI=1S/C10H11NO3S/c1-2-3-8-15(14)10-7-5-4-6-9(10)11(12)13/h2-7H,8H2,1H3/b3-2+. The molecule has 0 aromatic heterocycles. The summed E-state index contributed by atoms with van der Waals surface area (Å²) in [7, 11) is -1.34. The highest BCUT2D eigenvalue weighted by Gasteiger charge is 2.16. The van der Waals surface area contributed by atoms with Crippen LogP contribution in [0.2, 0.25) is 0 Å². The van der Waals surface area contributed by atoms with Gasteiger partial charge < -0.3 is 0 Å². The molecule has 1 atom stereocenters. The molecule has 0 aliphatic rings. The van der Waals surface area contributed by atoms with Crippen LogP contribution < -0.4 is 0 Å². The molecule has 0 saturated carbocycles. The minimum absolute atomic E-state index is 0.0830. The van der Waals surface area contributed by atoms with Crippen LogP contribution in [-0.2, 0) is 10.8 Å². The van der Waals surface area contributed by atoms with Gasteiger partial charge >= 0.3 is 0 Å². The smallest absolute Gasteiger partial charge is 0.258 e. The van der Waals surface area contributed by atoms with E-state index in [4.69, 9.17) is 0 Å². The van der Waals surface area contributed by atoms with Gasteiger partial charge in [0.15, 0.2) is 0 Å². The number of nitro groups is 1. The first-order valence-corrected chi connectivity index (χ1v) is 5.71. The normalized spacial score (nSPS) is 12.9. The molecule has 0 radical (unpaired) electrons. The summed E-state index contributed by atoms with van der Waals surface area (Å²) in [5, 5.41) is 10.7. The molecule has 0 fully saturated rings. The fourth-order valence-corrected chi connectivity index (χ4v) is 2.23. The number of hydrogen-bond acceptors (Lipinski definition) is 3. The van der Waals surface area contributed by atoms with E-state index in [0.29, 0.717) is 5.75 Å². The Balaban J connectivity index is 3.02. The SMILES string of the molecule is C/C=C/CS(=O)c1ccccc1[N+](=O)[O-]. The van der Waals surface area contributed by atoms with E-state index in [0.717, 1.165) is 0 Å². The lowest BCUT2D eigenvalue weighted by Gasteiger charge is -2.00. The zero-order valence-electron chi connectivity index (χ0n) is 8.25. The Labute approximate surface area is 90.2 Å². The fraction of sp³-hybridized carbons (Fsp3) is 0.200. The molecular weight excluding hydrogens is 214 g/mol. The lowest BCUT2D eigenvalue weighted by molar-refractivity contribution is -0.387. The Kier molecular flexibility index (Phi) is 4.17. The minimum Gasteiger partial charge on any atom is -0.258 e. The van der Waals surface area contributed by atoms with Gasteiger partial charge in [-0.05, 0) is 13.0 Å². The van der Waals surface area contributed by atoms with Crippen LogP contribution in [0.15, 0.2) is 41.3 Å². The molecule has 15 heavy (non-hydrogen) atoms. The van der Waals surface area contributed by atoms with Crippen LogP contribution in [0.4, 0.5) is 5.69 Å². The second-order valence-corrected chi connectivity index (χ2v) is 4.27. The zero-order chi connectivity index (χ0) is 11.3. The van der Waals surface area contributed by atoms with E-state index < -0.39 is 15.7 Å². The molecule has 1 rings (SSSR count). The summed E-state index contributed by atoms with van der Waals surface area (Å²) >= 11 is 0. The van der Waals surface area contributed by atoms with Gasteiger partial charge in [0.25, 0.3) is 5.69 Å². The van der Waals surface area contributed by atoms with Crippen molar-refractivity contribution < 1.29 is 9.13 Å². The van der Waals surface area contributed by atoms with E-state index in [1.807, 2.05) is 6.92 Å². The van der Waals surface area contributed by atoms with Crippen LogP contribution >= 0.6 is 0 Å². The maximum atomic E-state index is 11.7. The Bertz CT molecular complexity index is 415. The highest BCUT2D eigenvalue weighted by molar-refractivity contribution is 7.85. The largest absolute Gasteiger partial charge is 0.285 e. The first kappa shape index (κ1) is 11.6. The average Bonchev–Trinajstić information content (AvgIpc) is 2.25. The van der Waals surface area contributed by atoms with Crippen LogP contribution in [0.5, 0.6) is 0 Å². The quantitative estimate of drug-likeness (QED) is 0.448. The predicted octanol–water partition coefficient (Wildman–Crippen LogP) is 2.28. The average molecular weight is 225 g/mol. The maximum absolute atomic E-state index is 11.7. The lowest BCUT2D eigenvalue weighted by Crippen LogP contribution is -2.00. The first-order valence-electron chi connectivity index (χ1n) is 4.39. The molecule has 0 N–H and O–H groups in total. The first-order chi connectivity index (χ1) is 7.16. The van der Waals surface area contributed by atoms with Crippen molar-refractivity contribution in [2.24, 2.45) is 0 Å². The van der Waals surface area contributed by atoms with Crippen molar-refractivity contribution in [2.75, 3.05) is 5.75 Å². The molecule has 0 amide bonds. The topological polar surface area (TPSA) is 60.2 Å². The summed E-state index contributed by atoms with van der Waals surface area (Å²) in [6, 6.07) is 6.10. The third-order valence-electron chi connectivity index (χ3n) is 1.79. The van der Waals surface area contributed by atoms with Gasteiger partial charge in [-0.1, -0.05) is 24.3 Å². The molecule has 5 heteroatoms. The molecule has 0 heterocycles. The molecule has 1 unspecified atom stereocenters. The third kappa shape index (κ3) is 2.99. The van der Waals surface area contributed by atoms with E-state index in [2.05, 4.69) is 0 Å². The summed E-state index contributed by atoms with van der Waals surface area (Å²) in [6.07, 6.45) is 3.50. The fourth-order valence-electron chi connectivity index (χ4n) is 1.07. The van der Waals surface area contributed by atoms with E-state index >= 15 is 0 Å². The van der Waals surface area contributed by atoms with Crippen LogP contribution in [0.1, 0.15) is 6.92 Å². The van der Waals surface area contributed by atoms with Gasteiger partial charge in [0.2, 0.25) is 0 Å². The van der Waals surface area contributed by atoms with Crippen molar-refractivity contribution in [1.29, 1.82) is 0 Å². The van der Waals surface area contributed by atoms with Gasteiger partial charge in [0.1, 0.15) is 4.90 Å². The minimum atomic E-state index is -1.34. The van der Waals surface area contributed by atoms with Crippen LogP contribution in [-0.4, -0.2) is 14.9 Å². The van der Waals surface area contributed by atoms with Gasteiger partial charge in [-0.25, -0.2) is 0 Å². The van der Waals surface area contributed by atoms with Gasteiger partial charge in [-0.2, -0.15) is 0 Å². The monoisotopic (exact) mass is 225 g/mol. The Morgan fingerprint density at radius 3 is 2.73 bits per heavy atom. The van der Waals surface area contributed by atoms with Gasteiger partial charge in [0, 0.05) is 11.8 Å². The number of allylic oxidation sites excluding steroid dienone is 1. The van der Waals surface area contributed by atoms with Crippen molar-refractivity contribution in [2.45, 2.75) is 11.8 Å². The molecular formula is C10H11NO3S. The van der Waals surface area contributed by atoms with Crippen LogP contribution in [0.3, 0.4) is 0 Å². The molecule has 0 aliphatic carbocycles. The molecule has 4 nitrogen and oxygen atoms in total. The number of hydrogen-bond donors (Lipinski definition) is 0. The summed E-state index contributed by atoms with van der Waals surface area (Å²) in [5.41, 5.74) is -0.0830. The number of para-hydroxylation sites is 1. The Hall–Kier alpha value is -1.49. The van der Waals surface area contributed by atoms with E-state index in [9.17, 15) is 14.3 Å². The Morgan fingerprint density at radius 1 is 1.47 bits per heavy atom. The van der Waals surface area contributed by atoms with Crippen LogP contribution in [0.25, 0.3) is 0 Å². The predicted molar refractivity (Wildman–Crippen MR) is 59.2 cm³/mol. The number of nitrogens with zero attached hydrogens (tertiary/aromatic N) is 1. The molecule has 1 aromatic rings. The summed E-state index contributed by atoms with van der Waals surface area (Å²) < 4.78 is 11.7. The van der Waals surface area contributed by atoms with E-state index in [1.54, 1.807) is 24.3 Å². The zero-order valence-corrected chi connectivity index (χ0v) is 9.07. The van der Waals surface area contributed by atoms with Crippen LogP contribution in [0, 0.1) is 10.1 Å². The van der Waals surface area contributed by atoms with Crippen molar-refractivity contribution in [3.63, 3.8) is 0 Å². The van der Waals surface area contributed by atoms with Gasteiger partial charge in [0.05, 0.1) is 15.7 Å². The lowest BCUT2D eigenvalue weighted by atomic mass is 10.3. The van der Waals surface area contributed by atoms with E-state index in [1.165, 1.54) is 12.1 Å². The van der Waals surface area contributed by atoms with E-state index in [-0.39, 0.29) is 10.6 Å². The molecule has 80 valence electrons. The third-order valence-corrected chi connectivity index (χ3v) is 3.12. The molecule has 0 bridgehead atoms. The number of nitro benzene ring substituents is 1. The molecule has 0 aliphatic heterocycles. The highest BCUT2D eigenvalue weighted by atomic mass is 32.2. The van der Waals surface area contributed by atoms with Gasteiger partial charge in [-0.3, -0.25) is 14.3 Å². The second-order valence-electron chi connectivity index (χ2n) is 2.81. The number of benzene rings is 1. The summed E-state index contributed by atoms with van der Waals surface area (Å²) in [6.45, 7) is 1.82. The van der Waals surface area contributed by atoms with Crippen molar-refractivity contribution in [1.82, 2.24) is 0 Å². The summed E-state index contributed by atoms with van der Waals surface area (Å²) in [4.78, 5) is 10.4. The number of rotatable bonds is 4.